The zero-order valence-corrected chi connectivity index (χ0v) is 14.3. The lowest BCUT2D eigenvalue weighted by Gasteiger charge is -2.13. The summed E-state index contributed by atoms with van der Waals surface area (Å²) in [5.74, 6) is 0.642. The Morgan fingerprint density at radius 2 is 1.83 bits per heavy atom. The smallest absolute Gasteiger partial charge is 0.338 e. The zero-order chi connectivity index (χ0) is 17.2. The van der Waals surface area contributed by atoms with Crippen molar-refractivity contribution < 1.29 is 26.9 Å². The second-order valence-electron chi connectivity index (χ2n) is 4.66. The van der Waals surface area contributed by atoms with Crippen molar-refractivity contribution in [2.75, 3.05) is 7.11 Å². The molecule has 1 atom stereocenters. The second-order valence-corrected chi connectivity index (χ2v) is 8.02. The van der Waals surface area contributed by atoms with E-state index < -0.39 is 25.8 Å². The van der Waals surface area contributed by atoms with Gasteiger partial charge in [-0.25, -0.2) is 0 Å². The summed E-state index contributed by atoms with van der Waals surface area (Å²) < 4.78 is 42.4. The van der Waals surface area contributed by atoms with Crippen LogP contribution in [-0.2, 0) is 19.1 Å². The molecule has 0 radical (unpaired) electrons. The SMILES string of the molecule is COC1=CC(C)=S(O[N+](=O)c2ccccc2S(=O)(=O)O)C(C)=C1. The first-order valence-corrected chi connectivity index (χ1v) is 9.07. The number of nitrogens with zero attached hydrogens (tertiary/aromatic N) is 1. The number of allylic oxidation sites excluding steroid dienone is 3. The summed E-state index contributed by atoms with van der Waals surface area (Å²) in [6.45, 7) is 3.56. The molecule has 9 heteroatoms. The van der Waals surface area contributed by atoms with Crippen molar-refractivity contribution in [3.8, 4) is 0 Å². The standard InChI is InChI=1S/C14H15NO6S2/c1-10-8-12(20-3)9-11(2)22(10)21-15(16)13-6-4-5-7-14(13)23(17,18)19/h4-9H,1-3H3/p+1. The van der Waals surface area contributed by atoms with Crippen molar-refractivity contribution in [3.05, 3.63) is 52.0 Å². The summed E-state index contributed by atoms with van der Waals surface area (Å²) in [6.07, 6.45) is 3.47. The van der Waals surface area contributed by atoms with E-state index in [-0.39, 0.29) is 10.6 Å². The number of hydrogen-bond donors (Lipinski definition) is 1. The summed E-state index contributed by atoms with van der Waals surface area (Å²) in [5, 5.41) is 0. The van der Waals surface area contributed by atoms with E-state index in [2.05, 4.69) is 0 Å². The minimum Gasteiger partial charge on any atom is -0.497 e. The van der Waals surface area contributed by atoms with Crippen molar-refractivity contribution in [2.24, 2.45) is 0 Å². The molecular weight excluding hydrogens is 342 g/mol. The fourth-order valence-electron chi connectivity index (χ4n) is 1.97. The van der Waals surface area contributed by atoms with Crippen LogP contribution < -0.4 is 0 Å². The van der Waals surface area contributed by atoms with Crippen molar-refractivity contribution in [1.82, 2.24) is 0 Å². The zero-order valence-electron chi connectivity index (χ0n) is 12.7. The molecule has 7 nitrogen and oxygen atoms in total. The van der Waals surface area contributed by atoms with Gasteiger partial charge in [0.05, 0.1) is 12.0 Å². The molecule has 0 aliphatic carbocycles. The predicted molar refractivity (Wildman–Crippen MR) is 87.8 cm³/mol. The van der Waals surface area contributed by atoms with Gasteiger partial charge in [-0.1, -0.05) is 12.1 Å². The molecule has 1 unspecified atom stereocenters. The molecule has 1 aliphatic rings. The van der Waals surface area contributed by atoms with E-state index in [4.69, 9.17) is 9.02 Å². The highest BCUT2D eigenvalue weighted by Crippen LogP contribution is 2.35. The van der Waals surface area contributed by atoms with E-state index in [9.17, 15) is 17.9 Å². The largest absolute Gasteiger partial charge is 0.497 e. The normalized spacial score (nSPS) is 18.1. The topological polar surface area (TPSA) is 92.9 Å². The molecule has 0 spiro atoms. The summed E-state index contributed by atoms with van der Waals surface area (Å²) in [4.78, 5) is 13.4. The van der Waals surface area contributed by atoms with Crippen LogP contribution in [0.5, 0.6) is 0 Å². The second kappa shape index (κ2) is 6.65. The van der Waals surface area contributed by atoms with Gasteiger partial charge in [-0.3, -0.25) is 4.55 Å². The maximum Gasteiger partial charge on any atom is 0.338 e. The Morgan fingerprint density at radius 3 is 2.39 bits per heavy atom. The molecule has 1 aromatic carbocycles. The lowest BCUT2D eigenvalue weighted by atomic mass is 10.3. The number of ether oxygens (including phenoxy) is 1. The average Bonchev–Trinajstić information content (AvgIpc) is 2.49. The quantitative estimate of drug-likeness (QED) is 0.494. The molecular formula is C14H16NO6S2+. The Balaban J connectivity index is 2.39. The molecule has 1 aliphatic heterocycles. The number of rotatable bonds is 5. The number of hydrogen-bond acceptors (Lipinski definition) is 5. The van der Waals surface area contributed by atoms with Gasteiger partial charge in [-0.05, 0) is 32.1 Å². The third kappa shape index (κ3) is 3.87. The fourth-order valence-corrected chi connectivity index (χ4v) is 4.04. The van der Waals surface area contributed by atoms with Gasteiger partial charge in [0.2, 0.25) is 0 Å². The van der Waals surface area contributed by atoms with Crippen molar-refractivity contribution >= 4 is 31.4 Å². The summed E-state index contributed by atoms with van der Waals surface area (Å²) in [6, 6.07) is 5.27. The van der Waals surface area contributed by atoms with Gasteiger partial charge in [0.25, 0.3) is 4.92 Å². The lowest BCUT2D eigenvalue weighted by molar-refractivity contribution is -0.695. The van der Waals surface area contributed by atoms with Gasteiger partial charge in [0.15, 0.2) is 4.90 Å². The Morgan fingerprint density at radius 1 is 1.17 bits per heavy atom. The molecule has 0 aromatic heterocycles. The third-order valence-corrected chi connectivity index (χ3v) is 5.58. The van der Waals surface area contributed by atoms with Gasteiger partial charge in [-0.15, -0.1) is 0 Å². The summed E-state index contributed by atoms with van der Waals surface area (Å²) in [5.41, 5.74) is -0.287. The number of methoxy groups -OCH3 is 1. The molecule has 0 amide bonds. The molecule has 23 heavy (non-hydrogen) atoms. The fraction of sp³-hybridized carbons (Fsp3) is 0.214. The Kier molecular flexibility index (Phi) is 5.03. The van der Waals surface area contributed by atoms with Crippen LogP contribution in [-0.4, -0.2) is 29.9 Å². The van der Waals surface area contributed by atoms with Crippen LogP contribution >= 0.6 is 10.8 Å². The molecule has 2 rings (SSSR count). The van der Waals surface area contributed by atoms with Gasteiger partial charge >= 0.3 is 15.8 Å². The van der Waals surface area contributed by atoms with E-state index in [0.29, 0.717) is 5.76 Å². The third-order valence-electron chi connectivity index (χ3n) is 2.99. The number of para-hydroxylation sites is 1. The van der Waals surface area contributed by atoms with E-state index in [1.54, 1.807) is 26.0 Å². The van der Waals surface area contributed by atoms with Crippen LogP contribution in [0.3, 0.4) is 0 Å². The molecule has 0 fully saturated rings. The first kappa shape index (κ1) is 17.4. The predicted octanol–water partition coefficient (Wildman–Crippen LogP) is 3.10. The van der Waals surface area contributed by atoms with Gasteiger partial charge in [0, 0.05) is 15.8 Å². The lowest BCUT2D eigenvalue weighted by Crippen LogP contribution is -2.09. The summed E-state index contributed by atoms with van der Waals surface area (Å²) >= 11 is 0. The van der Waals surface area contributed by atoms with Crippen LogP contribution in [0.15, 0.2) is 52.0 Å². The molecule has 1 aromatic rings. The first-order chi connectivity index (χ1) is 10.7. The minimum absolute atomic E-state index is 0.110. The van der Waals surface area contributed by atoms with Crippen LogP contribution in [0.4, 0.5) is 5.69 Å². The van der Waals surface area contributed by atoms with E-state index >= 15 is 0 Å². The van der Waals surface area contributed by atoms with Crippen molar-refractivity contribution in [1.29, 1.82) is 0 Å². The summed E-state index contributed by atoms with van der Waals surface area (Å²) in [7, 11) is -3.96. The number of benzene rings is 1. The highest BCUT2D eigenvalue weighted by Gasteiger charge is 2.31. The molecule has 0 bridgehead atoms. The molecule has 1 heterocycles. The Hall–Kier alpha value is -1.97. The van der Waals surface area contributed by atoms with Crippen LogP contribution in [0.2, 0.25) is 0 Å². The molecule has 0 saturated carbocycles. The minimum atomic E-state index is -4.53. The maximum absolute atomic E-state index is 12.3. The van der Waals surface area contributed by atoms with Crippen molar-refractivity contribution in [2.45, 2.75) is 18.7 Å². The van der Waals surface area contributed by atoms with Gasteiger partial charge in [-0.2, -0.15) is 12.7 Å². The first-order valence-electron chi connectivity index (χ1n) is 6.48. The van der Waals surface area contributed by atoms with E-state index in [0.717, 1.165) is 15.8 Å². The van der Waals surface area contributed by atoms with Crippen molar-refractivity contribution in [3.63, 3.8) is 0 Å². The van der Waals surface area contributed by atoms with Gasteiger partial charge in [0.1, 0.15) is 16.5 Å². The molecule has 0 saturated heterocycles. The Labute approximate surface area is 136 Å². The molecule has 124 valence electrons. The molecule has 1 N–H and O–H groups in total. The van der Waals surface area contributed by atoms with Crippen LogP contribution in [0.25, 0.3) is 0 Å². The highest BCUT2D eigenvalue weighted by atomic mass is 32.2. The maximum atomic E-state index is 12.3. The van der Waals surface area contributed by atoms with Gasteiger partial charge < -0.3 is 4.74 Å². The van der Waals surface area contributed by atoms with Crippen LogP contribution in [0.1, 0.15) is 13.8 Å². The average molecular weight is 358 g/mol. The highest BCUT2D eigenvalue weighted by molar-refractivity contribution is 8.15. The van der Waals surface area contributed by atoms with E-state index in [1.807, 2.05) is 0 Å². The van der Waals surface area contributed by atoms with Crippen LogP contribution in [0, 0.1) is 4.91 Å². The monoisotopic (exact) mass is 358 g/mol. The van der Waals surface area contributed by atoms with E-state index in [1.165, 1.54) is 25.3 Å². The Bertz CT molecular complexity index is 852.